The lowest BCUT2D eigenvalue weighted by molar-refractivity contribution is 0.0110. The summed E-state index contributed by atoms with van der Waals surface area (Å²) in [7, 11) is 0. The van der Waals surface area contributed by atoms with Gasteiger partial charge in [-0.25, -0.2) is 4.79 Å². The average Bonchev–Trinajstić information content (AvgIpc) is 2.24. The molecule has 0 bridgehead atoms. The summed E-state index contributed by atoms with van der Waals surface area (Å²) in [5, 5.41) is 3.34. The smallest absolute Gasteiger partial charge is 0.410 e. The molecule has 1 fully saturated rings. The van der Waals surface area contributed by atoms with Crippen molar-refractivity contribution in [1.29, 1.82) is 0 Å². The first-order chi connectivity index (χ1) is 7.94. The second kappa shape index (κ2) is 7.85. The first-order valence-corrected chi connectivity index (χ1v) is 6.64. The number of nitrogens with zero attached hydrogens (tertiary/aromatic N) is 1. The summed E-state index contributed by atoms with van der Waals surface area (Å²) >= 11 is 0. The molecule has 0 aliphatic carbocycles. The Kier molecular flexibility index (Phi) is 7.64. The number of unbranched alkanes of at least 4 members (excludes halogenated alkanes) is 1. The highest BCUT2D eigenvalue weighted by atomic mass is 35.5. The lowest BCUT2D eigenvalue weighted by atomic mass is 10.1. The highest BCUT2D eigenvalue weighted by molar-refractivity contribution is 5.85. The summed E-state index contributed by atoms with van der Waals surface area (Å²) in [5.41, 5.74) is -0.405. The molecule has 1 rings (SSSR count). The molecule has 1 unspecified atom stereocenters. The predicted octanol–water partition coefficient (Wildman–Crippen LogP) is 2.81. The fraction of sp³-hybridized carbons (Fsp3) is 0.923. The van der Waals surface area contributed by atoms with E-state index in [2.05, 4.69) is 12.2 Å². The minimum absolute atomic E-state index is 0. The second-order valence-electron chi connectivity index (χ2n) is 5.67. The van der Waals surface area contributed by atoms with Gasteiger partial charge < -0.3 is 15.0 Å². The Labute approximate surface area is 117 Å². The molecular formula is C13H27ClN2O2. The van der Waals surface area contributed by atoms with Crippen molar-refractivity contribution < 1.29 is 9.53 Å². The number of hydrogen-bond acceptors (Lipinski definition) is 3. The summed E-state index contributed by atoms with van der Waals surface area (Å²) in [6, 6.07) is 0.290. The number of carbonyl (C=O) groups is 1. The van der Waals surface area contributed by atoms with Crippen LogP contribution in [0, 0.1) is 0 Å². The molecule has 5 heteroatoms. The van der Waals surface area contributed by atoms with Crippen molar-refractivity contribution >= 4 is 18.5 Å². The van der Waals surface area contributed by atoms with Crippen LogP contribution >= 0.6 is 12.4 Å². The van der Waals surface area contributed by atoms with Crippen molar-refractivity contribution in [2.24, 2.45) is 0 Å². The van der Waals surface area contributed by atoms with Gasteiger partial charge in [-0.05, 0) is 27.2 Å². The standard InChI is InChI=1S/C13H26N2O2.ClH/c1-5-6-7-11-10-14-8-9-15(11)12(16)17-13(2,3)4;/h11,14H,5-10H2,1-4H3;1H. The lowest BCUT2D eigenvalue weighted by Gasteiger charge is -2.37. The number of amides is 1. The van der Waals surface area contributed by atoms with Crippen LogP contribution in [0.2, 0.25) is 0 Å². The summed E-state index contributed by atoms with van der Waals surface area (Å²) in [5.74, 6) is 0. The van der Waals surface area contributed by atoms with Crippen molar-refractivity contribution in [3.05, 3.63) is 0 Å². The van der Waals surface area contributed by atoms with Crippen LogP contribution in [0.1, 0.15) is 47.0 Å². The van der Waals surface area contributed by atoms with E-state index in [0.29, 0.717) is 6.04 Å². The Morgan fingerprint density at radius 2 is 2.11 bits per heavy atom. The molecule has 18 heavy (non-hydrogen) atoms. The van der Waals surface area contributed by atoms with E-state index in [0.717, 1.165) is 32.5 Å². The van der Waals surface area contributed by atoms with Gasteiger partial charge in [0.15, 0.2) is 0 Å². The monoisotopic (exact) mass is 278 g/mol. The van der Waals surface area contributed by atoms with E-state index in [4.69, 9.17) is 4.74 Å². The Bertz CT molecular complexity index is 254. The number of hydrogen-bond donors (Lipinski definition) is 1. The van der Waals surface area contributed by atoms with Gasteiger partial charge in [-0.3, -0.25) is 0 Å². The van der Waals surface area contributed by atoms with Gasteiger partial charge in [-0.15, -0.1) is 12.4 Å². The number of carbonyl (C=O) groups excluding carboxylic acids is 1. The Hall–Kier alpha value is -0.480. The molecule has 0 aromatic rings. The van der Waals surface area contributed by atoms with Gasteiger partial charge in [0.25, 0.3) is 0 Å². The number of nitrogens with one attached hydrogen (secondary N) is 1. The van der Waals surface area contributed by atoms with Gasteiger partial charge in [0.1, 0.15) is 5.60 Å². The first-order valence-electron chi connectivity index (χ1n) is 6.64. The summed E-state index contributed by atoms with van der Waals surface area (Å²) in [4.78, 5) is 13.9. The van der Waals surface area contributed by atoms with Crippen LogP contribution in [0.5, 0.6) is 0 Å². The van der Waals surface area contributed by atoms with E-state index in [-0.39, 0.29) is 18.5 Å². The molecular weight excluding hydrogens is 252 g/mol. The molecule has 1 aliphatic heterocycles. The molecule has 0 radical (unpaired) electrons. The molecule has 0 saturated carbocycles. The van der Waals surface area contributed by atoms with Crippen molar-refractivity contribution in [3.63, 3.8) is 0 Å². The predicted molar refractivity (Wildman–Crippen MR) is 76.4 cm³/mol. The second-order valence-corrected chi connectivity index (χ2v) is 5.67. The van der Waals surface area contributed by atoms with Crippen LogP contribution in [0.3, 0.4) is 0 Å². The number of rotatable bonds is 3. The molecule has 0 aromatic heterocycles. The van der Waals surface area contributed by atoms with Gasteiger partial charge in [0.05, 0.1) is 0 Å². The average molecular weight is 279 g/mol. The van der Waals surface area contributed by atoms with Crippen LogP contribution in [0.25, 0.3) is 0 Å². The number of halogens is 1. The van der Waals surface area contributed by atoms with E-state index in [1.807, 2.05) is 25.7 Å². The third-order valence-corrected chi connectivity index (χ3v) is 2.87. The minimum atomic E-state index is -0.405. The fourth-order valence-electron chi connectivity index (χ4n) is 2.02. The maximum Gasteiger partial charge on any atom is 0.410 e. The third-order valence-electron chi connectivity index (χ3n) is 2.87. The van der Waals surface area contributed by atoms with Crippen molar-refractivity contribution in [1.82, 2.24) is 10.2 Å². The van der Waals surface area contributed by atoms with Crippen LogP contribution in [-0.2, 0) is 4.74 Å². The summed E-state index contributed by atoms with van der Waals surface area (Å²) in [6.07, 6.45) is 3.22. The normalized spacial score (nSPS) is 20.2. The molecule has 1 aliphatic rings. The Morgan fingerprint density at radius 3 is 2.67 bits per heavy atom. The molecule has 1 atom stereocenters. The van der Waals surface area contributed by atoms with Gasteiger partial charge >= 0.3 is 6.09 Å². The summed E-state index contributed by atoms with van der Waals surface area (Å²) in [6.45, 7) is 10.4. The SMILES string of the molecule is CCCCC1CNCCN1C(=O)OC(C)(C)C.Cl. The van der Waals surface area contributed by atoms with Crippen LogP contribution in [0.15, 0.2) is 0 Å². The zero-order valence-corrected chi connectivity index (χ0v) is 12.8. The van der Waals surface area contributed by atoms with Crippen molar-refractivity contribution in [2.75, 3.05) is 19.6 Å². The van der Waals surface area contributed by atoms with Crippen LogP contribution < -0.4 is 5.32 Å². The number of piperazine rings is 1. The lowest BCUT2D eigenvalue weighted by Crippen LogP contribution is -2.54. The molecule has 1 N–H and O–H groups in total. The van der Waals surface area contributed by atoms with E-state index >= 15 is 0 Å². The van der Waals surface area contributed by atoms with E-state index in [9.17, 15) is 4.79 Å². The maximum absolute atomic E-state index is 12.1. The maximum atomic E-state index is 12.1. The fourth-order valence-corrected chi connectivity index (χ4v) is 2.02. The molecule has 1 amide bonds. The molecule has 0 spiro atoms. The van der Waals surface area contributed by atoms with E-state index < -0.39 is 5.60 Å². The Morgan fingerprint density at radius 1 is 1.44 bits per heavy atom. The zero-order chi connectivity index (χ0) is 12.9. The summed E-state index contributed by atoms with van der Waals surface area (Å²) < 4.78 is 5.45. The van der Waals surface area contributed by atoms with Crippen LogP contribution in [0.4, 0.5) is 4.79 Å². The van der Waals surface area contributed by atoms with E-state index in [1.54, 1.807) is 0 Å². The Balaban J connectivity index is 0.00000289. The third kappa shape index (κ3) is 5.91. The zero-order valence-electron chi connectivity index (χ0n) is 12.0. The quantitative estimate of drug-likeness (QED) is 0.863. The van der Waals surface area contributed by atoms with Crippen molar-refractivity contribution in [2.45, 2.75) is 58.6 Å². The molecule has 1 heterocycles. The van der Waals surface area contributed by atoms with Gasteiger partial charge in [-0.1, -0.05) is 19.8 Å². The molecule has 4 nitrogen and oxygen atoms in total. The molecule has 1 saturated heterocycles. The number of ether oxygens (including phenoxy) is 1. The largest absolute Gasteiger partial charge is 0.444 e. The van der Waals surface area contributed by atoms with Gasteiger partial charge in [-0.2, -0.15) is 0 Å². The first kappa shape index (κ1) is 17.5. The van der Waals surface area contributed by atoms with Gasteiger partial charge in [0.2, 0.25) is 0 Å². The van der Waals surface area contributed by atoms with Crippen LogP contribution in [-0.4, -0.2) is 42.3 Å². The molecule has 108 valence electrons. The van der Waals surface area contributed by atoms with Crippen molar-refractivity contribution in [3.8, 4) is 0 Å². The van der Waals surface area contributed by atoms with E-state index in [1.165, 1.54) is 6.42 Å². The molecule has 0 aromatic carbocycles. The van der Waals surface area contributed by atoms with Gasteiger partial charge in [0, 0.05) is 25.7 Å². The topological polar surface area (TPSA) is 41.6 Å². The highest BCUT2D eigenvalue weighted by Gasteiger charge is 2.29. The highest BCUT2D eigenvalue weighted by Crippen LogP contribution is 2.16. The minimum Gasteiger partial charge on any atom is -0.444 e.